The van der Waals surface area contributed by atoms with Crippen LogP contribution in [0.4, 0.5) is 28.6 Å². The maximum absolute atomic E-state index is 12.4. The molecule has 0 unspecified atom stereocenters. The van der Waals surface area contributed by atoms with Gasteiger partial charge in [-0.3, -0.25) is 14.9 Å². The maximum atomic E-state index is 12.4. The highest BCUT2D eigenvalue weighted by molar-refractivity contribution is 6.34. The van der Waals surface area contributed by atoms with E-state index in [9.17, 15) is 14.9 Å². The molecule has 2 aromatic carbocycles. The topological polar surface area (TPSA) is 113 Å². The van der Waals surface area contributed by atoms with Crippen LogP contribution in [0.25, 0.3) is 0 Å². The van der Waals surface area contributed by atoms with E-state index in [-0.39, 0.29) is 16.3 Å². The molecular weight excluding hydrogens is 396 g/mol. The fourth-order valence-electron chi connectivity index (χ4n) is 2.45. The first kappa shape index (κ1) is 20.0. The van der Waals surface area contributed by atoms with E-state index in [1.165, 1.54) is 12.1 Å². The highest BCUT2D eigenvalue weighted by Gasteiger charge is 2.15. The van der Waals surface area contributed by atoms with Crippen LogP contribution >= 0.6 is 11.6 Å². The molecule has 10 heteroatoms. The smallest absolute Gasteiger partial charge is 0.270 e. The van der Waals surface area contributed by atoms with E-state index >= 15 is 0 Å². The van der Waals surface area contributed by atoms with Crippen molar-refractivity contribution in [3.63, 3.8) is 0 Å². The van der Waals surface area contributed by atoms with Gasteiger partial charge in [-0.2, -0.15) is 5.10 Å². The van der Waals surface area contributed by atoms with Gasteiger partial charge < -0.3 is 15.5 Å². The molecule has 3 rings (SSSR count). The number of non-ortho nitro benzene ring substituents is 1. The summed E-state index contributed by atoms with van der Waals surface area (Å²) in [7, 11) is 3.82. The van der Waals surface area contributed by atoms with Crippen LogP contribution in [-0.4, -0.2) is 35.1 Å². The maximum Gasteiger partial charge on any atom is 0.270 e. The van der Waals surface area contributed by atoms with E-state index in [0.717, 1.165) is 17.4 Å². The van der Waals surface area contributed by atoms with Gasteiger partial charge in [0.05, 0.1) is 27.4 Å². The molecule has 0 spiro atoms. The zero-order chi connectivity index (χ0) is 21.0. The number of anilines is 4. The number of nitrogens with zero attached hydrogens (tertiary/aromatic N) is 4. The van der Waals surface area contributed by atoms with Gasteiger partial charge in [-0.1, -0.05) is 11.6 Å². The van der Waals surface area contributed by atoms with Gasteiger partial charge in [0.1, 0.15) is 0 Å². The Bertz CT molecular complexity index is 1060. The number of hydrogen-bond donors (Lipinski definition) is 2. The number of rotatable bonds is 6. The minimum absolute atomic E-state index is 0.00864. The van der Waals surface area contributed by atoms with E-state index < -0.39 is 10.8 Å². The fourth-order valence-corrected chi connectivity index (χ4v) is 2.71. The van der Waals surface area contributed by atoms with E-state index in [4.69, 9.17) is 11.6 Å². The second-order valence-corrected chi connectivity index (χ2v) is 6.68. The van der Waals surface area contributed by atoms with Gasteiger partial charge in [0.25, 0.3) is 11.6 Å². The molecule has 3 aromatic rings. The average molecular weight is 413 g/mol. The molecule has 0 saturated heterocycles. The van der Waals surface area contributed by atoms with E-state index in [2.05, 4.69) is 20.8 Å². The average Bonchev–Trinajstić information content (AvgIpc) is 2.69. The summed E-state index contributed by atoms with van der Waals surface area (Å²) in [5.41, 5.74) is 2.19. The Balaban J connectivity index is 1.68. The van der Waals surface area contributed by atoms with Crippen LogP contribution in [0.3, 0.4) is 0 Å². The van der Waals surface area contributed by atoms with Crippen LogP contribution in [0.5, 0.6) is 0 Å². The zero-order valence-corrected chi connectivity index (χ0v) is 16.3. The summed E-state index contributed by atoms with van der Waals surface area (Å²) in [5.74, 6) is 0.126. The molecule has 148 valence electrons. The standard InChI is InChI=1S/C19H17ClN6O3/c1-25(2)15-10-18(24-21-11-15)22-12-3-5-13(6-4-12)23-19(27)16-8-7-14(26(28)29)9-17(16)20/h3-11H,1-2H3,(H,22,24)(H,23,27). The van der Waals surface area contributed by atoms with Crippen molar-refractivity contribution in [3.05, 3.63) is 75.4 Å². The highest BCUT2D eigenvalue weighted by atomic mass is 35.5. The first-order chi connectivity index (χ1) is 13.8. The lowest BCUT2D eigenvalue weighted by Gasteiger charge is -2.13. The number of hydrogen-bond acceptors (Lipinski definition) is 7. The normalized spacial score (nSPS) is 10.3. The molecule has 0 radical (unpaired) electrons. The Morgan fingerprint density at radius 3 is 2.41 bits per heavy atom. The van der Waals surface area contributed by atoms with E-state index in [0.29, 0.717) is 11.5 Å². The summed E-state index contributed by atoms with van der Waals surface area (Å²) >= 11 is 5.99. The quantitative estimate of drug-likeness (QED) is 0.462. The minimum atomic E-state index is -0.572. The van der Waals surface area contributed by atoms with Gasteiger partial charge in [0, 0.05) is 43.7 Å². The van der Waals surface area contributed by atoms with Crippen LogP contribution in [-0.2, 0) is 0 Å². The van der Waals surface area contributed by atoms with E-state index in [1.54, 1.807) is 30.5 Å². The number of amides is 1. The number of benzene rings is 2. The Kier molecular flexibility index (Phi) is 5.89. The molecular formula is C19H17ClN6O3. The van der Waals surface area contributed by atoms with Crippen molar-refractivity contribution in [2.24, 2.45) is 0 Å². The summed E-state index contributed by atoms with van der Waals surface area (Å²) in [6.45, 7) is 0. The number of halogens is 1. The van der Waals surface area contributed by atoms with Crippen molar-refractivity contribution in [1.82, 2.24) is 10.2 Å². The molecule has 0 aliphatic heterocycles. The lowest BCUT2D eigenvalue weighted by Crippen LogP contribution is -2.12. The Morgan fingerprint density at radius 2 is 1.79 bits per heavy atom. The van der Waals surface area contributed by atoms with Gasteiger partial charge in [-0.25, -0.2) is 0 Å². The highest BCUT2D eigenvalue weighted by Crippen LogP contribution is 2.24. The molecule has 0 fully saturated rings. The number of carbonyl (C=O) groups excluding carboxylic acids is 1. The SMILES string of the molecule is CN(C)c1cnnc(Nc2ccc(NC(=O)c3ccc([N+](=O)[O-])cc3Cl)cc2)c1. The summed E-state index contributed by atoms with van der Waals surface area (Å²) in [5, 5.41) is 24.6. The molecule has 0 atom stereocenters. The number of carbonyl (C=O) groups is 1. The second kappa shape index (κ2) is 8.53. The van der Waals surface area contributed by atoms with Gasteiger partial charge in [-0.15, -0.1) is 5.10 Å². The first-order valence-corrected chi connectivity index (χ1v) is 8.84. The van der Waals surface area contributed by atoms with Crippen LogP contribution in [0, 0.1) is 10.1 Å². The van der Waals surface area contributed by atoms with Crippen molar-refractivity contribution in [2.75, 3.05) is 29.6 Å². The summed E-state index contributed by atoms with van der Waals surface area (Å²) in [6, 6.07) is 12.5. The number of nitro benzene ring substituents is 1. The van der Waals surface area contributed by atoms with Crippen LogP contribution in [0.2, 0.25) is 5.02 Å². The lowest BCUT2D eigenvalue weighted by molar-refractivity contribution is -0.384. The van der Waals surface area contributed by atoms with Crippen molar-refractivity contribution >= 4 is 46.1 Å². The van der Waals surface area contributed by atoms with Crippen LogP contribution in [0.15, 0.2) is 54.7 Å². The van der Waals surface area contributed by atoms with Gasteiger partial charge in [0.15, 0.2) is 5.82 Å². The predicted molar refractivity (Wildman–Crippen MR) is 112 cm³/mol. The van der Waals surface area contributed by atoms with Gasteiger partial charge >= 0.3 is 0 Å². The molecule has 1 amide bonds. The van der Waals surface area contributed by atoms with Crippen molar-refractivity contribution in [2.45, 2.75) is 0 Å². The zero-order valence-electron chi connectivity index (χ0n) is 15.6. The van der Waals surface area contributed by atoms with Gasteiger partial charge in [-0.05, 0) is 30.3 Å². The first-order valence-electron chi connectivity index (χ1n) is 8.46. The lowest BCUT2D eigenvalue weighted by atomic mass is 10.2. The minimum Gasteiger partial charge on any atom is -0.376 e. The Morgan fingerprint density at radius 1 is 1.10 bits per heavy atom. The number of nitro groups is 1. The van der Waals surface area contributed by atoms with Crippen LogP contribution < -0.4 is 15.5 Å². The largest absolute Gasteiger partial charge is 0.376 e. The third-order valence-electron chi connectivity index (χ3n) is 3.98. The second-order valence-electron chi connectivity index (χ2n) is 6.27. The van der Waals surface area contributed by atoms with Gasteiger partial charge in [0.2, 0.25) is 0 Å². The summed E-state index contributed by atoms with van der Waals surface area (Å²) < 4.78 is 0. The summed E-state index contributed by atoms with van der Waals surface area (Å²) in [4.78, 5) is 24.5. The monoisotopic (exact) mass is 412 g/mol. The van der Waals surface area contributed by atoms with Crippen molar-refractivity contribution in [3.8, 4) is 0 Å². The van der Waals surface area contributed by atoms with Crippen LogP contribution in [0.1, 0.15) is 10.4 Å². The Labute approximate surface area is 171 Å². The third-order valence-corrected chi connectivity index (χ3v) is 4.29. The molecule has 0 aliphatic carbocycles. The predicted octanol–water partition coefficient (Wildman–Crippen LogP) is 4.10. The molecule has 0 saturated carbocycles. The molecule has 2 N–H and O–H groups in total. The molecule has 29 heavy (non-hydrogen) atoms. The molecule has 1 heterocycles. The van der Waals surface area contributed by atoms with Crippen molar-refractivity contribution < 1.29 is 9.72 Å². The van der Waals surface area contributed by atoms with Crippen molar-refractivity contribution in [1.29, 1.82) is 0 Å². The molecule has 0 aliphatic rings. The molecule has 9 nitrogen and oxygen atoms in total. The molecule has 1 aromatic heterocycles. The summed E-state index contributed by atoms with van der Waals surface area (Å²) in [6.07, 6.45) is 1.66. The number of aromatic nitrogens is 2. The fraction of sp³-hybridized carbons (Fsp3) is 0.105. The van der Waals surface area contributed by atoms with E-state index in [1.807, 2.05) is 25.1 Å². The third kappa shape index (κ3) is 4.96. The Hall–Kier alpha value is -3.72. The number of nitrogens with one attached hydrogen (secondary N) is 2. The molecule has 0 bridgehead atoms.